The summed E-state index contributed by atoms with van der Waals surface area (Å²) in [5, 5.41) is 3.94. The average molecular weight is 370 g/mol. The molecule has 5 heteroatoms. The predicted molar refractivity (Wildman–Crippen MR) is 90.2 cm³/mol. The van der Waals surface area contributed by atoms with Crippen LogP contribution in [-0.4, -0.2) is 11.5 Å². The van der Waals surface area contributed by atoms with Crippen LogP contribution in [0.4, 0.5) is 0 Å². The number of hydrogen-bond donors (Lipinski definition) is 1. The van der Waals surface area contributed by atoms with Gasteiger partial charge in [-0.25, -0.2) is 4.98 Å². The minimum absolute atomic E-state index is 0.554. The fourth-order valence-corrected chi connectivity index (χ4v) is 2.52. The molecule has 21 heavy (non-hydrogen) atoms. The van der Waals surface area contributed by atoms with Crippen molar-refractivity contribution < 1.29 is 4.74 Å². The van der Waals surface area contributed by atoms with Crippen molar-refractivity contribution in [3.63, 3.8) is 0 Å². The van der Waals surface area contributed by atoms with E-state index < -0.39 is 0 Å². The molecule has 1 aromatic carbocycles. The van der Waals surface area contributed by atoms with Gasteiger partial charge < -0.3 is 10.1 Å². The Morgan fingerprint density at radius 2 is 2.10 bits per heavy atom. The Hall–Kier alpha value is -1.10. The van der Waals surface area contributed by atoms with Crippen LogP contribution in [-0.2, 0) is 6.54 Å². The van der Waals surface area contributed by atoms with Gasteiger partial charge in [0.05, 0.1) is 10.7 Å². The summed E-state index contributed by atoms with van der Waals surface area (Å²) in [5.41, 5.74) is 1.85. The minimum atomic E-state index is 0.554. The van der Waals surface area contributed by atoms with Crippen LogP contribution < -0.4 is 10.1 Å². The van der Waals surface area contributed by atoms with E-state index in [1.807, 2.05) is 31.2 Å². The lowest BCUT2D eigenvalue weighted by atomic mass is 10.2. The van der Waals surface area contributed by atoms with Crippen molar-refractivity contribution in [2.75, 3.05) is 6.54 Å². The van der Waals surface area contributed by atoms with Crippen LogP contribution in [0.3, 0.4) is 0 Å². The molecule has 0 saturated carbocycles. The highest BCUT2D eigenvalue weighted by molar-refractivity contribution is 9.10. The maximum absolute atomic E-state index is 6.17. The lowest BCUT2D eigenvalue weighted by Crippen LogP contribution is -2.15. The molecule has 2 rings (SSSR count). The Balaban J connectivity index is 2.14. The van der Waals surface area contributed by atoms with E-state index in [0.29, 0.717) is 17.4 Å². The molecule has 0 saturated heterocycles. The number of hydrogen-bond acceptors (Lipinski definition) is 3. The molecule has 1 N–H and O–H groups in total. The molecular formula is C16H18BrClN2O. The van der Waals surface area contributed by atoms with Gasteiger partial charge in [0.2, 0.25) is 5.88 Å². The highest BCUT2D eigenvalue weighted by Gasteiger charge is 2.07. The summed E-state index contributed by atoms with van der Waals surface area (Å²) in [5.74, 6) is 1.35. The van der Waals surface area contributed by atoms with Gasteiger partial charge in [0.15, 0.2) is 0 Å². The number of nitrogens with zero attached hydrogens (tertiary/aromatic N) is 1. The molecule has 0 aliphatic rings. The Kier molecular flexibility index (Phi) is 6.03. The monoisotopic (exact) mass is 368 g/mol. The lowest BCUT2D eigenvalue weighted by Gasteiger charge is -2.11. The van der Waals surface area contributed by atoms with Gasteiger partial charge in [0, 0.05) is 17.1 Å². The van der Waals surface area contributed by atoms with Crippen molar-refractivity contribution in [1.82, 2.24) is 10.3 Å². The van der Waals surface area contributed by atoms with Gasteiger partial charge in [0.1, 0.15) is 5.75 Å². The summed E-state index contributed by atoms with van der Waals surface area (Å²) < 4.78 is 6.88. The molecule has 3 nitrogen and oxygen atoms in total. The second-order valence-corrected chi connectivity index (χ2v) is 6.09. The number of nitrogens with one attached hydrogen (secondary N) is 1. The first kappa shape index (κ1) is 16.3. The third-order valence-electron chi connectivity index (χ3n) is 2.96. The molecule has 0 atom stereocenters. The summed E-state index contributed by atoms with van der Waals surface area (Å²) in [4.78, 5) is 4.47. The van der Waals surface area contributed by atoms with Gasteiger partial charge in [-0.2, -0.15) is 0 Å². The summed E-state index contributed by atoms with van der Waals surface area (Å²) >= 11 is 9.61. The zero-order valence-corrected chi connectivity index (χ0v) is 14.5. The number of rotatable bonds is 6. The standard InChI is InChI=1S/C16H18BrClN2O/c1-3-8-19-10-14-13(18)5-7-16(20-14)21-15-6-4-12(17)9-11(15)2/h4-7,9,19H,3,8,10H2,1-2H3. The number of aryl methyl sites for hydroxylation is 1. The smallest absolute Gasteiger partial charge is 0.219 e. The number of benzene rings is 1. The fraction of sp³-hybridized carbons (Fsp3) is 0.312. The van der Waals surface area contributed by atoms with Crippen LogP contribution in [0.25, 0.3) is 0 Å². The second kappa shape index (κ2) is 7.78. The highest BCUT2D eigenvalue weighted by atomic mass is 79.9. The van der Waals surface area contributed by atoms with Crippen LogP contribution in [0.5, 0.6) is 11.6 Å². The quantitative estimate of drug-likeness (QED) is 0.719. The molecule has 1 heterocycles. The van der Waals surface area contributed by atoms with Crippen molar-refractivity contribution in [1.29, 1.82) is 0 Å². The fourth-order valence-electron chi connectivity index (χ4n) is 1.87. The third-order valence-corrected chi connectivity index (χ3v) is 3.80. The summed E-state index contributed by atoms with van der Waals surface area (Å²) in [6, 6.07) is 9.48. The van der Waals surface area contributed by atoms with E-state index in [-0.39, 0.29) is 0 Å². The van der Waals surface area contributed by atoms with Crippen LogP contribution in [0.1, 0.15) is 24.6 Å². The Labute approximate surface area is 138 Å². The highest BCUT2D eigenvalue weighted by Crippen LogP contribution is 2.27. The van der Waals surface area contributed by atoms with Crippen molar-refractivity contribution in [2.24, 2.45) is 0 Å². The van der Waals surface area contributed by atoms with Crippen LogP contribution in [0.2, 0.25) is 5.02 Å². The van der Waals surface area contributed by atoms with Gasteiger partial charge in [-0.15, -0.1) is 0 Å². The van der Waals surface area contributed by atoms with Crippen LogP contribution >= 0.6 is 27.5 Å². The molecule has 0 unspecified atom stereocenters. The summed E-state index contributed by atoms with van der Waals surface area (Å²) in [6.07, 6.45) is 1.08. The van der Waals surface area contributed by atoms with Gasteiger partial charge in [-0.05, 0) is 49.7 Å². The van der Waals surface area contributed by atoms with Crippen LogP contribution in [0.15, 0.2) is 34.8 Å². The van der Waals surface area contributed by atoms with Gasteiger partial charge >= 0.3 is 0 Å². The lowest BCUT2D eigenvalue weighted by molar-refractivity contribution is 0.456. The molecule has 0 aliphatic carbocycles. The summed E-state index contributed by atoms with van der Waals surface area (Å²) in [7, 11) is 0. The molecular weight excluding hydrogens is 352 g/mol. The molecule has 2 aromatic rings. The van der Waals surface area contributed by atoms with E-state index >= 15 is 0 Å². The SMILES string of the molecule is CCCNCc1nc(Oc2ccc(Br)cc2C)ccc1Cl. The van der Waals surface area contributed by atoms with E-state index in [1.165, 1.54) is 0 Å². The van der Waals surface area contributed by atoms with E-state index in [9.17, 15) is 0 Å². The zero-order valence-electron chi connectivity index (χ0n) is 12.1. The van der Waals surface area contributed by atoms with Gasteiger partial charge in [0.25, 0.3) is 0 Å². The molecule has 112 valence electrons. The Bertz CT molecular complexity index is 619. The van der Waals surface area contributed by atoms with Crippen molar-refractivity contribution in [3.8, 4) is 11.6 Å². The topological polar surface area (TPSA) is 34.2 Å². The van der Waals surface area contributed by atoms with Crippen LogP contribution in [0, 0.1) is 6.92 Å². The maximum atomic E-state index is 6.17. The van der Waals surface area contributed by atoms with E-state index in [4.69, 9.17) is 16.3 Å². The van der Waals surface area contributed by atoms with Gasteiger partial charge in [-0.1, -0.05) is 34.5 Å². The number of pyridine rings is 1. The minimum Gasteiger partial charge on any atom is -0.439 e. The molecule has 0 fully saturated rings. The largest absolute Gasteiger partial charge is 0.439 e. The van der Waals surface area contributed by atoms with E-state index in [0.717, 1.165) is 34.4 Å². The predicted octanol–water partition coefficient (Wildman–Crippen LogP) is 5.10. The Morgan fingerprint density at radius 1 is 1.29 bits per heavy atom. The van der Waals surface area contributed by atoms with E-state index in [1.54, 1.807) is 6.07 Å². The Morgan fingerprint density at radius 3 is 2.81 bits per heavy atom. The van der Waals surface area contributed by atoms with Crippen molar-refractivity contribution >= 4 is 27.5 Å². The van der Waals surface area contributed by atoms with Crippen molar-refractivity contribution in [2.45, 2.75) is 26.8 Å². The first-order chi connectivity index (χ1) is 10.1. The number of ether oxygens (including phenoxy) is 1. The number of aromatic nitrogens is 1. The molecule has 0 radical (unpaired) electrons. The first-order valence-electron chi connectivity index (χ1n) is 6.90. The zero-order chi connectivity index (χ0) is 15.2. The van der Waals surface area contributed by atoms with E-state index in [2.05, 4.69) is 33.2 Å². The molecule has 0 amide bonds. The molecule has 1 aromatic heterocycles. The summed E-state index contributed by atoms with van der Waals surface area (Å²) in [6.45, 7) is 5.70. The number of halogens is 2. The maximum Gasteiger partial charge on any atom is 0.219 e. The molecule has 0 spiro atoms. The second-order valence-electron chi connectivity index (χ2n) is 4.77. The molecule has 0 bridgehead atoms. The van der Waals surface area contributed by atoms with Gasteiger partial charge in [-0.3, -0.25) is 0 Å². The van der Waals surface area contributed by atoms with Crippen molar-refractivity contribution in [3.05, 3.63) is 51.1 Å². The average Bonchev–Trinajstić information content (AvgIpc) is 2.45. The first-order valence-corrected chi connectivity index (χ1v) is 8.07. The molecule has 0 aliphatic heterocycles. The third kappa shape index (κ3) is 4.70. The normalized spacial score (nSPS) is 10.7.